The summed E-state index contributed by atoms with van der Waals surface area (Å²) in [5.41, 5.74) is 0.731. The highest BCUT2D eigenvalue weighted by atomic mass is 15.4. The SMILES string of the molecule is CC1CC2(CCN(N)CC2)C1. The van der Waals surface area contributed by atoms with Crippen LogP contribution in [0.15, 0.2) is 0 Å². The van der Waals surface area contributed by atoms with Crippen LogP contribution in [0, 0.1) is 11.3 Å². The summed E-state index contributed by atoms with van der Waals surface area (Å²) in [6.07, 6.45) is 5.60. The van der Waals surface area contributed by atoms with Crippen LogP contribution in [0.5, 0.6) is 0 Å². The fourth-order valence-corrected chi connectivity index (χ4v) is 2.83. The fourth-order valence-electron chi connectivity index (χ4n) is 2.83. The van der Waals surface area contributed by atoms with E-state index < -0.39 is 0 Å². The maximum absolute atomic E-state index is 5.70. The van der Waals surface area contributed by atoms with E-state index in [2.05, 4.69) is 6.92 Å². The van der Waals surface area contributed by atoms with Crippen LogP contribution in [0.4, 0.5) is 0 Å². The Kier molecular flexibility index (Phi) is 1.69. The zero-order chi connectivity index (χ0) is 7.90. The van der Waals surface area contributed by atoms with Crippen LogP contribution in [0.25, 0.3) is 0 Å². The highest BCUT2D eigenvalue weighted by Gasteiger charge is 2.43. The van der Waals surface area contributed by atoms with E-state index in [-0.39, 0.29) is 0 Å². The van der Waals surface area contributed by atoms with Gasteiger partial charge in [0.15, 0.2) is 0 Å². The monoisotopic (exact) mass is 154 g/mol. The van der Waals surface area contributed by atoms with Gasteiger partial charge in [0.25, 0.3) is 0 Å². The number of hydrogen-bond acceptors (Lipinski definition) is 2. The van der Waals surface area contributed by atoms with Crippen LogP contribution in [-0.2, 0) is 0 Å². The summed E-state index contributed by atoms with van der Waals surface area (Å²) in [6, 6.07) is 0. The number of hydrazine groups is 1. The smallest absolute Gasteiger partial charge is 0.0133 e. The number of nitrogens with two attached hydrogens (primary N) is 1. The summed E-state index contributed by atoms with van der Waals surface area (Å²) in [4.78, 5) is 0. The second kappa shape index (κ2) is 2.46. The Morgan fingerprint density at radius 1 is 1.27 bits per heavy atom. The first kappa shape index (κ1) is 7.56. The molecule has 0 aromatic carbocycles. The van der Waals surface area contributed by atoms with Crippen LogP contribution in [0.3, 0.4) is 0 Å². The predicted octanol–water partition coefficient (Wildman–Crippen LogP) is 1.37. The van der Waals surface area contributed by atoms with Crippen LogP contribution in [0.2, 0.25) is 0 Å². The van der Waals surface area contributed by atoms with Gasteiger partial charge in [-0.1, -0.05) is 6.92 Å². The van der Waals surface area contributed by atoms with Crippen molar-refractivity contribution in [3.8, 4) is 0 Å². The van der Waals surface area contributed by atoms with Crippen LogP contribution in [0.1, 0.15) is 32.6 Å². The minimum Gasteiger partial charge on any atom is -0.269 e. The second-order valence-corrected chi connectivity index (χ2v) is 4.55. The highest BCUT2D eigenvalue weighted by molar-refractivity contribution is 4.94. The van der Waals surface area contributed by atoms with E-state index in [1.807, 2.05) is 5.01 Å². The van der Waals surface area contributed by atoms with Gasteiger partial charge in [0.2, 0.25) is 0 Å². The summed E-state index contributed by atoms with van der Waals surface area (Å²) in [6.45, 7) is 4.60. The molecule has 2 heteroatoms. The minimum absolute atomic E-state index is 0.731. The van der Waals surface area contributed by atoms with Crippen molar-refractivity contribution in [2.45, 2.75) is 32.6 Å². The minimum atomic E-state index is 0.731. The van der Waals surface area contributed by atoms with Gasteiger partial charge in [-0.15, -0.1) is 0 Å². The van der Waals surface area contributed by atoms with Crippen molar-refractivity contribution in [1.82, 2.24) is 5.01 Å². The van der Waals surface area contributed by atoms with Crippen molar-refractivity contribution in [3.63, 3.8) is 0 Å². The van der Waals surface area contributed by atoms with Crippen molar-refractivity contribution in [2.75, 3.05) is 13.1 Å². The van der Waals surface area contributed by atoms with Crippen molar-refractivity contribution in [2.24, 2.45) is 17.2 Å². The van der Waals surface area contributed by atoms with E-state index >= 15 is 0 Å². The summed E-state index contributed by atoms with van der Waals surface area (Å²) in [5.74, 6) is 6.69. The van der Waals surface area contributed by atoms with E-state index in [1.165, 1.54) is 25.7 Å². The zero-order valence-electron chi connectivity index (χ0n) is 7.34. The lowest BCUT2D eigenvalue weighted by atomic mass is 9.58. The molecule has 11 heavy (non-hydrogen) atoms. The molecule has 0 bridgehead atoms. The lowest BCUT2D eigenvalue weighted by molar-refractivity contribution is -0.00601. The third kappa shape index (κ3) is 1.30. The first-order valence-corrected chi connectivity index (χ1v) is 4.70. The molecule has 0 amide bonds. The molecule has 2 fully saturated rings. The van der Waals surface area contributed by atoms with E-state index in [1.54, 1.807) is 0 Å². The Morgan fingerprint density at radius 2 is 1.82 bits per heavy atom. The fraction of sp³-hybridized carbons (Fsp3) is 1.00. The molecule has 0 radical (unpaired) electrons. The Balaban J connectivity index is 1.88. The molecule has 1 aliphatic carbocycles. The third-order valence-corrected chi connectivity index (χ3v) is 3.42. The highest BCUT2D eigenvalue weighted by Crippen LogP contribution is 2.51. The quantitative estimate of drug-likeness (QED) is 0.534. The Labute approximate surface area is 68.7 Å². The second-order valence-electron chi connectivity index (χ2n) is 4.55. The zero-order valence-corrected chi connectivity index (χ0v) is 7.34. The molecule has 1 saturated carbocycles. The van der Waals surface area contributed by atoms with Crippen molar-refractivity contribution in [1.29, 1.82) is 0 Å². The molecule has 1 heterocycles. The molecule has 1 saturated heterocycles. The van der Waals surface area contributed by atoms with Gasteiger partial charge in [0, 0.05) is 13.1 Å². The van der Waals surface area contributed by atoms with Gasteiger partial charge in [-0.3, -0.25) is 5.84 Å². The largest absolute Gasteiger partial charge is 0.269 e. The summed E-state index contributed by atoms with van der Waals surface area (Å²) in [5, 5.41) is 1.97. The van der Waals surface area contributed by atoms with Gasteiger partial charge in [0.05, 0.1) is 0 Å². The van der Waals surface area contributed by atoms with E-state index in [0.29, 0.717) is 0 Å². The predicted molar refractivity (Wildman–Crippen MR) is 45.8 cm³/mol. The summed E-state index contributed by atoms with van der Waals surface area (Å²) >= 11 is 0. The average Bonchev–Trinajstić information content (AvgIpc) is 1.92. The standard InChI is InChI=1S/C9H18N2/c1-8-6-9(7-8)2-4-11(10)5-3-9/h8H,2-7,10H2,1H3. The number of rotatable bonds is 0. The van der Waals surface area contributed by atoms with Crippen LogP contribution >= 0.6 is 0 Å². The van der Waals surface area contributed by atoms with Crippen LogP contribution < -0.4 is 5.84 Å². The van der Waals surface area contributed by atoms with Gasteiger partial charge in [-0.2, -0.15) is 0 Å². The first-order chi connectivity index (χ1) is 5.20. The first-order valence-electron chi connectivity index (χ1n) is 4.70. The molecule has 0 atom stereocenters. The normalized spacial score (nSPS) is 32.2. The van der Waals surface area contributed by atoms with Gasteiger partial charge in [0.1, 0.15) is 0 Å². The average molecular weight is 154 g/mol. The van der Waals surface area contributed by atoms with Gasteiger partial charge < -0.3 is 0 Å². The molecule has 0 unspecified atom stereocenters. The number of nitrogens with zero attached hydrogens (tertiary/aromatic N) is 1. The summed E-state index contributed by atoms with van der Waals surface area (Å²) < 4.78 is 0. The number of hydrogen-bond donors (Lipinski definition) is 1. The lowest BCUT2D eigenvalue weighted by Crippen LogP contribution is -2.48. The molecule has 2 aliphatic rings. The Morgan fingerprint density at radius 3 is 2.27 bits per heavy atom. The molecule has 64 valence electrons. The topological polar surface area (TPSA) is 29.3 Å². The molecule has 2 nitrogen and oxygen atoms in total. The molecule has 2 rings (SSSR count). The summed E-state index contributed by atoms with van der Waals surface area (Å²) in [7, 11) is 0. The van der Waals surface area contributed by atoms with Gasteiger partial charge >= 0.3 is 0 Å². The maximum Gasteiger partial charge on any atom is 0.0133 e. The van der Waals surface area contributed by atoms with Crippen molar-refractivity contribution >= 4 is 0 Å². The maximum atomic E-state index is 5.70. The van der Waals surface area contributed by atoms with Crippen LogP contribution in [-0.4, -0.2) is 18.1 Å². The number of piperidine rings is 1. The molecular formula is C9H18N2. The van der Waals surface area contributed by atoms with E-state index in [0.717, 1.165) is 24.4 Å². The van der Waals surface area contributed by atoms with Gasteiger partial charge in [-0.05, 0) is 37.0 Å². The van der Waals surface area contributed by atoms with E-state index in [9.17, 15) is 0 Å². The van der Waals surface area contributed by atoms with Crippen molar-refractivity contribution in [3.05, 3.63) is 0 Å². The van der Waals surface area contributed by atoms with Gasteiger partial charge in [-0.25, -0.2) is 5.01 Å². The van der Waals surface area contributed by atoms with Crippen molar-refractivity contribution < 1.29 is 0 Å². The lowest BCUT2D eigenvalue weighted by Gasteiger charge is -2.50. The molecule has 0 aromatic heterocycles. The molecule has 1 aliphatic heterocycles. The molecule has 1 spiro atoms. The Bertz CT molecular complexity index is 140. The molecular weight excluding hydrogens is 136 g/mol. The van der Waals surface area contributed by atoms with E-state index in [4.69, 9.17) is 5.84 Å². The Hall–Kier alpha value is -0.0800. The molecule has 0 aromatic rings. The third-order valence-electron chi connectivity index (χ3n) is 3.42. The molecule has 2 N–H and O–H groups in total.